The van der Waals surface area contributed by atoms with Gasteiger partial charge in [-0.05, 0) is 24.1 Å². The van der Waals surface area contributed by atoms with Crippen molar-refractivity contribution in [3.63, 3.8) is 0 Å². The van der Waals surface area contributed by atoms with Crippen LogP contribution >= 0.6 is 0 Å². The van der Waals surface area contributed by atoms with E-state index in [1.54, 1.807) is 0 Å². The van der Waals surface area contributed by atoms with E-state index in [4.69, 9.17) is 4.74 Å². The minimum Gasteiger partial charge on any atom is -0.468 e. The first-order chi connectivity index (χ1) is 13.0. The Hall–Kier alpha value is -1.72. The number of ether oxygens (including phenoxy) is 1. The first kappa shape index (κ1) is 21.0. The standard InChI is InChI=1S/C18H22F3NO6/c1-28-16(26)11-7-17(27)13(6-12(23)14(24)15(17)25)22(11)8-9-2-4-10(5-3-9)18(19,20)21/h2-5,11-15,23-25,27H,6-8H2,1H3/t11-,12+,13+,14-,15-,17-/m0/s1. The summed E-state index contributed by atoms with van der Waals surface area (Å²) in [6, 6.07) is 2.47. The average molecular weight is 405 g/mol. The minimum atomic E-state index is -4.48. The number of fused-ring (bicyclic) bond motifs is 1. The van der Waals surface area contributed by atoms with E-state index in [0.717, 1.165) is 19.2 Å². The first-order valence-corrected chi connectivity index (χ1v) is 8.75. The third kappa shape index (κ3) is 3.50. The van der Waals surface area contributed by atoms with Crippen LogP contribution < -0.4 is 0 Å². The summed E-state index contributed by atoms with van der Waals surface area (Å²) < 4.78 is 43.0. The predicted octanol–water partition coefficient (Wildman–Crippen LogP) is 0.0388. The number of esters is 1. The van der Waals surface area contributed by atoms with Crippen LogP contribution in [-0.2, 0) is 22.3 Å². The van der Waals surface area contributed by atoms with Crippen molar-refractivity contribution in [1.82, 2.24) is 4.90 Å². The van der Waals surface area contributed by atoms with E-state index >= 15 is 0 Å². The van der Waals surface area contributed by atoms with Crippen molar-refractivity contribution < 1.29 is 43.1 Å². The van der Waals surface area contributed by atoms with E-state index in [1.165, 1.54) is 17.0 Å². The summed E-state index contributed by atoms with van der Waals surface area (Å²) in [4.78, 5) is 13.7. The van der Waals surface area contributed by atoms with Gasteiger partial charge in [0.1, 0.15) is 23.9 Å². The third-order valence-electron chi connectivity index (χ3n) is 5.71. The molecule has 2 fully saturated rings. The molecule has 1 aromatic carbocycles. The smallest absolute Gasteiger partial charge is 0.416 e. The Labute approximate surface area is 159 Å². The number of carbonyl (C=O) groups is 1. The Morgan fingerprint density at radius 2 is 1.86 bits per heavy atom. The fourth-order valence-electron chi connectivity index (χ4n) is 4.18. The molecule has 0 amide bonds. The van der Waals surface area contributed by atoms with Gasteiger partial charge in [0.15, 0.2) is 0 Å². The number of halogens is 3. The van der Waals surface area contributed by atoms with Crippen LogP contribution in [0.15, 0.2) is 24.3 Å². The molecule has 1 aromatic rings. The first-order valence-electron chi connectivity index (χ1n) is 8.75. The number of hydrogen-bond donors (Lipinski definition) is 4. The van der Waals surface area contributed by atoms with Crippen molar-refractivity contribution in [2.75, 3.05) is 7.11 Å². The van der Waals surface area contributed by atoms with Crippen LogP contribution in [-0.4, -0.2) is 74.4 Å². The van der Waals surface area contributed by atoms with E-state index in [2.05, 4.69) is 0 Å². The Bertz CT molecular complexity index is 727. The van der Waals surface area contributed by atoms with Gasteiger partial charge < -0.3 is 25.2 Å². The lowest BCUT2D eigenvalue weighted by Gasteiger charge is -2.45. The molecule has 0 unspecified atom stereocenters. The molecule has 2 aliphatic rings. The molecule has 1 saturated carbocycles. The van der Waals surface area contributed by atoms with Gasteiger partial charge in [0.25, 0.3) is 0 Å². The molecular formula is C18H22F3NO6. The number of carbonyl (C=O) groups excluding carboxylic acids is 1. The van der Waals surface area contributed by atoms with E-state index < -0.39 is 53.7 Å². The van der Waals surface area contributed by atoms with E-state index in [1.807, 2.05) is 0 Å². The zero-order valence-electron chi connectivity index (χ0n) is 15.0. The van der Waals surface area contributed by atoms with Gasteiger partial charge in [0.05, 0.1) is 18.8 Å². The van der Waals surface area contributed by atoms with Crippen LogP contribution in [0.25, 0.3) is 0 Å². The highest BCUT2D eigenvalue weighted by molar-refractivity contribution is 5.76. The Morgan fingerprint density at radius 3 is 2.39 bits per heavy atom. The Morgan fingerprint density at radius 1 is 1.25 bits per heavy atom. The molecule has 1 aliphatic carbocycles. The molecule has 0 aromatic heterocycles. The second-order valence-corrected chi connectivity index (χ2v) is 7.36. The maximum atomic E-state index is 12.7. The molecule has 4 N–H and O–H groups in total. The van der Waals surface area contributed by atoms with Gasteiger partial charge in [-0.15, -0.1) is 0 Å². The van der Waals surface area contributed by atoms with Crippen molar-refractivity contribution >= 4 is 5.97 Å². The number of hydrogen-bond acceptors (Lipinski definition) is 7. The van der Waals surface area contributed by atoms with E-state index in [0.29, 0.717) is 5.56 Å². The van der Waals surface area contributed by atoms with Crippen LogP contribution in [0.5, 0.6) is 0 Å². The normalized spacial score (nSPS) is 36.2. The summed E-state index contributed by atoms with van der Waals surface area (Å²) in [7, 11) is 1.16. The summed E-state index contributed by atoms with van der Waals surface area (Å²) in [6.45, 7) is -0.0135. The van der Waals surface area contributed by atoms with Crippen molar-refractivity contribution in [3.8, 4) is 0 Å². The number of methoxy groups -OCH3 is 1. The number of benzene rings is 1. The topological polar surface area (TPSA) is 110 Å². The molecule has 0 spiro atoms. The molecule has 10 heteroatoms. The monoisotopic (exact) mass is 405 g/mol. The van der Waals surface area contributed by atoms with Crippen molar-refractivity contribution in [2.45, 2.75) is 61.6 Å². The predicted molar refractivity (Wildman–Crippen MR) is 88.8 cm³/mol. The van der Waals surface area contributed by atoms with Gasteiger partial charge >= 0.3 is 12.1 Å². The second-order valence-electron chi connectivity index (χ2n) is 7.36. The SMILES string of the molecule is COC(=O)[C@@H]1C[C@@]2(O)[C@@H](O)[C@@H](O)[C@H](O)C[C@H]2N1Cc1ccc(C(F)(F)F)cc1. The molecule has 0 bridgehead atoms. The molecule has 0 radical (unpaired) electrons. The lowest BCUT2D eigenvalue weighted by atomic mass is 9.75. The highest BCUT2D eigenvalue weighted by Gasteiger charge is 2.62. The van der Waals surface area contributed by atoms with E-state index in [-0.39, 0.29) is 19.4 Å². The summed E-state index contributed by atoms with van der Waals surface area (Å²) in [6.07, 6.45) is -9.43. The molecular weight excluding hydrogens is 383 g/mol. The largest absolute Gasteiger partial charge is 0.468 e. The van der Waals surface area contributed by atoms with Crippen molar-refractivity contribution in [1.29, 1.82) is 0 Å². The minimum absolute atomic E-state index is 0.0135. The quantitative estimate of drug-likeness (QED) is 0.526. The van der Waals surface area contributed by atoms with Crippen LogP contribution in [0.1, 0.15) is 24.0 Å². The summed E-state index contributed by atoms with van der Waals surface area (Å²) in [5.74, 6) is -0.689. The van der Waals surface area contributed by atoms with Gasteiger partial charge in [0.2, 0.25) is 0 Å². The maximum Gasteiger partial charge on any atom is 0.416 e. The number of aliphatic hydroxyl groups is 4. The lowest BCUT2D eigenvalue weighted by Crippen LogP contribution is -2.64. The summed E-state index contributed by atoms with van der Waals surface area (Å²) >= 11 is 0. The number of likely N-dealkylation sites (tertiary alicyclic amines) is 1. The van der Waals surface area contributed by atoms with Gasteiger partial charge in [-0.1, -0.05) is 12.1 Å². The number of aliphatic hydroxyl groups excluding tert-OH is 3. The molecule has 6 atom stereocenters. The molecule has 28 heavy (non-hydrogen) atoms. The Balaban J connectivity index is 1.91. The van der Waals surface area contributed by atoms with Crippen molar-refractivity contribution in [3.05, 3.63) is 35.4 Å². The highest BCUT2D eigenvalue weighted by atomic mass is 19.4. The average Bonchev–Trinajstić information content (AvgIpc) is 2.92. The molecule has 156 valence electrons. The highest BCUT2D eigenvalue weighted by Crippen LogP contribution is 2.44. The molecule has 1 aliphatic heterocycles. The Kier molecular flexibility index (Phi) is 5.45. The van der Waals surface area contributed by atoms with Gasteiger partial charge in [-0.2, -0.15) is 13.2 Å². The van der Waals surface area contributed by atoms with Gasteiger partial charge in [-0.25, -0.2) is 0 Å². The third-order valence-corrected chi connectivity index (χ3v) is 5.71. The molecule has 1 saturated heterocycles. The van der Waals surface area contributed by atoms with Crippen LogP contribution in [0, 0.1) is 0 Å². The zero-order valence-corrected chi connectivity index (χ0v) is 15.0. The number of nitrogens with zero attached hydrogens (tertiary/aromatic N) is 1. The van der Waals surface area contributed by atoms with Gasteiger partial charge in [0, 0.05) is 19.0 Å². The van der Waals surface area contributed by atoms with Crippen LogP contribution in [0.4, 0.5) is 13.2 Å². The second kappa shape index (κ2) is 7.27. The fourth-order valence-corrected chi connectivity index (χ4v) is 4.18. The van der Waals surface area contributed by atoms with Crippen LogP contribution in [0.2, 0.25) is 0 Å². The van der Waals surface area contributed by atoms with Crippen LogP contribution in [0.3, 0.4) is 0 Å². The number of rotatable bonds is 3. The summed E-state index contributed by atoms with van der Waals surface area (Å²) in [5, 5.41) is 41.2. The van der Waals surface area contributed by atoms with Crippen molar-refractivity contribution in [2.24, 2.45) is 0 Å². The number of alkyl halides is 3. The van der Waals surface area contributed by atoms with E-state index in [9.17, 15) is 38.4 Å². The zero-order chi connectivity index (χ0) is 20.9. The lowest BCUT2D eigenvalue weighted by molar-refractivity contribution is -0.197. The van der Waals surface area contributed by atoms with Gasteiger partial charge in [-0.3, -0.25) is 9.69 Å². The fraction of sp³-hybridized carbons (Fsp3) is 0.611. The summed E-state index contributed by atoms with van der Waals surface area (Å²) in [5.41, 5.74) is -2.24. The molecule has 1 heterocycles. The maximum absolute atomic E-state index is 12.7. The molecule has 7 nitrogen and oxygen atoms in total. The molecule has 3 rings (SSSR count).